The lowest BCUT2D eigenvalue weighted by molar-refractivity contribution is -0.0344. The lowest BCUT2D eigenvalue weighted by Crippen LogP contribution is -2.60. The van der Waals surface area contributed by atoms with Gasteiger partial charge < -0.3 is 10.1 Å². The molecular weight excluding hydrogens is 236 g/mol. The topological polar surface area (TPSA) is 24.5 Å². The van der Waals surface area contributed by atoms with Gasteiger partial charge in [-0.2, -0.15) is 0 Å². The molecular formula is C16H32N2O. The molecule has 2 saturated heterocycles. The summed E-state index contributed by atoms with van der Waals surface area (Å²) >= 11 is 0. The van der Waals surface area contributed by atoms with Crippen molar-refractivity contribution in [3.63, 3.8) is 0 Å². The summed E-state index contributed by atoms with van der Waals surface area (Å²) in [5.74, 6) is 0.708. The summed E-state index contributed by atoms with van der Waals surface area (Å²) in [4.78, 5) is 2.70. The number of nitrogens with zero attached hydrogens (tertiary/aromatic N) is 1. The van der Waals surface area contributed by atoms with Gasteiger partial charge in [-0.05, 0) is 32.1 Å². The monoisotopic (exact) mass is 268 g/mol. The van der Waals surface area contributed by atoms with Gasteiger partial charge in [0.15, 0.2) is 0 Å². The van der Waals surface area contributed by atoms with Crippen molar-refractivity contribution < 1.29 is 4.74 Å². The minimum Gasteiger partial charge on any atom is -0.374 e. The van der Waals surface area contributed by atoms with Gasteiger partial charge in [0.25, 0.3) is 0 Å². The Bertz CT molecular complexity index is 274. The third kappa shape index (κ3) is 3.93. The third-order valence-corrected chi connectivity index (χ3v) is 4.78. The van der Waals surface area contributed by atoms with Gasteiger partial charge in [-0.1, -0.05) is 27.2 Å². The summed E-state index contributed by atoms with van der Waals surface area (Å²) in [7, 11) is 0. The number of ether oxygens (including phenoxy) is 1. The second-order valence-corrected chi connectivity index (χ2v) is 7.04. The highest BCUT2D eigenvalue weighted by molar-refractivity contribution is 4.93. The molecule has 0 saturated carbocycles. The maximum absolute atomic E-state index is 6.00. The molecule has 0 bridgehead atoms. The molecule has 3 unspecified atom stereocenters. The molecule has 2 fully saturated rings. The minimum atomic E-state index is 0.0985. The average molecular weight is 268 g/mol. The van der Waals surface area contributed by atoms with Crippen molar-refractivity contribution in [1.29, 1.82) is 0 Å². The molecule has 112 valence electrons. The molecule has 3 atom stereocenters. The molecule has 2 aliphatic rings. The molecule has 2 aliphatic heterocycles. The fourth-order valence-electron chi connectivity index (χ4n) is 3.67. The fraction of sp³-hybridized carbons (Fsp3) is 1.00. The normalized spacial score (nSPS) is 37.1. The molecule has 19 heavy (non-hydrogen) atoms. The van der Waals surface area contributed by atoms with E-state index in [-0.39, 0.29) is 5.60 Å². The summed E-state index contributed by atoms with van der Waals surface area (Å²) in [5.41, 5.74) is 0.0985. The summed E-state index contributed by atoms with van der Waals surface area (Å²) in [6.07, 6.45) is 5.01. The Labute approximate surface area is 119 Å². The number of rotatable bonds is 5. The molecule has 0 aliphatic carbocycles. The molecule has 0 aromatic heterocycles. The Morgan fingerprint density at radius 2 is 2.21 bits per heavy atom. The van der Waals surface area contributed by atoms with Crippen LogP contribution >= 0.6 is 0 Å². The van der Waals surface area contributed by atoms with Crippen molar-refractivity contribution in [3.05, 3.63) is 0 Å². The van der Waals surface area contributed by atoms with E-state index < -0.39 is 0 Å². The van der Waals surface area contributed by atoms with Crippen LogP contribution in [0, 0.1) is 5.92 Å². The van der Waals surface area contributed by atoms with Crippen LogP contribution in [0.1, 0.15) is 53.4 Å². The maximum atomic E-state index is 6.00. The molecule has 1 N–H and O–H groups in total. The average Bonchev–Trinajstić information content (AvgIpc) is 2.76. The van der Waals surface area contributed by atoms with Gasteiger partial charge in [-0.25, -0.2) is 0 Å². The van der Waals surface area contributed by atoms with E-state index in [0.717, 1.165) is 19.7 Å². The third-order valence-electron chi connectivity index (χ3n) is 4.78. The summed E-state index contributed by atoms with van der Waals surface area (Å²) in [6, 6.07) is 1.33. The number of hydrogen-bond donors (Lipinski definition) is 1. The Hall–Kier alpha value is -0.120. The molecule has 3 nitrogen and oxygen atoms in total. The number of nitrogens with one attached hydrogen (secondary N) is 1. The Kier molecular flexibility index (Phi) is 5.27. The lowest BCUT2D eigenvalue weighted by atomic mass is 9.93. The van der Waals surface area contributed by atoms with E-state index in [9.17, 15) is 0 Å². The first kappa shape index (κ1) is 15.3. The fourth-order valence-corrected chi connectivity index (χ4v) is 3.67. The van der Waals surface area contributed by atoms with Crippen LogP contribution in [0.3, 0.4) is 0 Å². The molecule has 0 aromatic carbocycles. The van der Waals surface area contributed by atoms with E-state index in [1.807, 2.05) is 0 Å². The van der Waals surface area contributed by atoms with Gasteiger partial charge in [-0.15, -0.1) is 0 Å². The van der Waals surface area contributed by atoms with Gasteiger partial charge in [0.1, 0.15) is 0 Å². The molecule has 2 rings (SSSR count). The Morgan fingerprint density at radius 3 is 2.79 bits per heavy atom. The number of piperazine rings is 1. The van der Waals surface area contributed by atoms with Crippen molar-refractivity contribution in [2.24, 2.45) is 5.92 Å². The van der Waals surface area contributed by atoms with Crippen molar-refractivity contribution in [2.75, 3.05) is 26.2 Å². The standard InChI is InChI=1S/C16H32N2O/c1-5-7-14-11-18(15(10-17-14)13(2)3)12-16(4)8-6-9-19-16/h13-15,17H,5-12H2,1-4H3. The molecule has 2 heterocycles. The van der Waals surface area contributed by atoms with E-state index in [0.29, 0.717) is 18.0 Å². The first-order valence-corrected chi connectivity index (χ1v) is 8.15. The van der Waals surface area contributed by atoms with Crippen LogP contribution in [0.2, 0.25) is 0 Å². The van der Waals surface area contributed by atoms with E-state index >= 15 is 0 Å². The molecule has 3 heteroatoms. The van der Waals surface area contributed by atoms with Gasteiger partial charge in [0.2, 0.25) is 0 Å². The largest absolute Gasteiger partial charge is 0.374 e. The van der Waals surface area contributed by atoms with Gasteiger partial charge in [-0.3, -0.25) is 4.90 Å². The van der Waals surface area contributed by atoms with Crippen molar-refractivity contribution in [1.82, 2.24) is 10.2 Å². The van der Waals surface area contributed by atoms with E-state index in [1.165, 1.54) is 32.2 Å². The van der Waals surface area contributed by atoms with Crippen molar-refractivity contribution >= 4 is 0 Å². The highest BCUT2D eigenvalue weighted by Crippen LogP contribution is 2.28. The predicted octanol–water partition coefficient (Wildman–Crippen LogP) is 2.65. The SMILES string of the molecule is CCCC1CN(CC2(C)CCCO2)C(C(C)C)CN1. The number of hydrogen-bond acceptors (Lipinski definition) is 3. The van der Waals surface area contributed by atoms with Crippen LogP contribution < -0.4 is 5.32 Å². The second-order valence-electron chi connectivity index (χ2n) is 7.04. The van der Waals surface area contributed by atoms with Gasteiger partial charge in [0, 0.05) is 38.3 Å². The van der Waals surface area contributed by atoms with E-state index in [2.05, 4.69) is 37.9 Å². The van der Waals surface area contributed by atoms with Crippen LogP contribution in [0.25, 0.3) is 0 Å². The summed E-state index contributed by atoms with van der Waals surface area (Å²) in [5, 5.41) is 3.74. The molecule has 0 radical (unpaired) electrons. The van der Waals surface area contributed by atoms with Crippen molar-refractivity contribution in [2.45, 2.75) is 71.1 Å². The zero-order valence-electron chi connectivity index (χ0n) is 13.2. The van der Waals surface area contributed by atoms with Crippen LogP contribution in [0.15, 0.2) is 0 Å². The predicted molar refractivity (Wildman–Crippen MR) is 80.5 cm³/mol. The zero-order chi connectivity index (χ0) is 13.9. The highest BCUT2D eigenvalue weighted by Gasteiger charge is 2.37. The highest BCUT2D eigenvalue weighted by atomic mass is 16.5. The molecule has 0 amide bonds. The van der Waals surface area contributed by atoms with Crippen LogP contribution in [-0.2, 0) is 4.74 Å². The minimum absolute atomic E-state index is 0.0985. The lowest BCUT2D eigenvalue weighted by Gasteiger charge is -2.45. The second kappa shape index (κ2) is 6.55. The van der Waals surface area contributed by atoms with Crippen LogP contribution in [0.5, 0.6) is 0 Å². The van der Waals surface area contributed by atoms with Crippen LogP contribution in [0.4, 0.5) is 0 Å². The van der Waals surface area contributed by atoms with Crippen molar-refractivity contribution in [3.8, 4) is 0 Å². The van der Waals surface area contributed by atoms with E-state index in [1.54, 1.807) is 0 Å². The molecule has 0 aromatic rings. The smallest absolute Gasteiger partial charge is 0.0781 e. The zero-order valence-corrected chi connectivity index (χ0v) is 13.2. The first-order valence-electron chi connectivity index (χ1n) is 8.15. The summed E-state index contributed by atoms with van der Waals surface area (Å²) in [6.45, 7) is 13.7. The van der Waals surface area contributed by atoms with Gasteiger partial charge >= 0.3 is 0 Å². The van der Waals surface area contributed by atoms with E-state index in [4.69, 9.17) is 4.74 Å². The summed E-state index contributed by atoms with van der Waals surface area (Å²) < 4.78 is 6.00. The quantitative estimate of drug-likeness (QED) is 0.829. The first-order chi connectivity index (χ1) is 9.04. The Morgan fingerprint density at radius 1 is 1.42 bits per heavy atom. The Balaban J connectivity index is 1.98. The maximum Gasteiger partial charge on any atom is 0.0781 e. The van der Waals surface area contributed by atoms with Crippen LogP contribution in [-0.4, -0.2) is 48.8 Å². The molecule has 0 spiro atoms. The van der Waals surface area contributed by atoms with Gasteiger partial charge in [0.05, 0.1) is 5.60 Å².